The standard InChI is InChI=1S/C18H32N4O3/c1-19-18(20-9-6-10-22(2)11-12-23-3)21-14-15-7-8-16(24-4)13-17(15)25-5/h7-8,13H,6,9-12,14H2,1-5H3,(H2,19,20,21). The molecule has 0 amide bonds. The Morgan fingerprint density at radius 3 is 2.56 bits per heavy atom. The number of likely N-dealkylation sites (N-methyl/N-ethyl adjacent to an activating group) is 1. The molecule has 0 radical (unpaired) electrons. The number of nitrogens with one attached hydrogen (secondary N) is 2. The topological polar surface area (TPSA) is 67.4 Å². The molecule has 142 valence electrons. The van der Waals surface area contributed by atoms with Crippen LogP contribution in [0.1, 0.15) is 12.0 Å². The maximum atomic E-state index is 5.41. The Kier molecular flexibility index (Phi) is 10.4. The van der Waals surface area contributed by atoms with Crippen LogP contribution in [0.3, 0.4) is 0 Å². The van der Waals surface area contributed by atoms with E-state index in [-0.39, 0.29) is 0 Å². The summed E-state index contributed by atoms with van der Waals surface area (Å²) in [6.45, 7) is 4.20. The zero-order valence-corrected chi connectivity index (χ0v) is 16.1. The van der Waals surface area contributed by atoms with Crippen molar-refractivity contribution in [1.82, 2.24) is 15.5 Å². The van der Waals surface area contributed by atoms with Gasteiger partial charge < -0.3 is 29.7 Å². The van der Waals surface area contributed by atoms with Gasteiger partial charge in [0.2, 0.25) is 0 Å². The number of benzene rings is 1. The molecule has 0 aliphatic heterocycles. The normalized spacial score (nSPS) is 11.5. The van der Waals surface area contributed by atoms with E-state index in [4.69, 9.17) is 14.2 Å². The highest BCUT2D eigenvalue weighted by atomic mass is 16.5. The Morgan fingerprint density at radius 1 is 1.12 bits per heavy atom. The molecular weight excluding hydrogens is 320 g/mol. The first kappa shape index (κ1) is 21.1. The molecule has 25 heavy (non-hydrogen) atoms. The van der Waals surface area contributed by atoms with Crippen molar-refractivity contribution in [1.29, 1.82) is 0 Å². The summed E-state index contributed by atoms with van der Waals surface area (Å²) in [7, 11) is 8.90. The maximum absolute atomic E-state index is 5.41. The summed E-state index contributed by atoms with van der Waals surface area (Å²) in [6.07, 6.45) is 1.03. The SMILES string of the molecule is CN=C(NCCCN(C)CCOC)NCc1ccc(OC)cc1OC. The molecule has 0 spiro atoms. The van der Waals surface area contributed by atoms with Crippen LogP contribution in [0.15, 0.2) is 23.2 Å². The molecule has 0 saturated heterocycles. The zero-order valence-electron chi connectivity index (χ0n) is 16.1. The molecule has 2 N–H and O–H groups in total. The molecule has 0 unspecified atom stereocenters. The molecule has 0 aliphatic carbocycles. The predicted molar refractivity (Wildman–Crippen MR) is 102 cm³/mol. The maximum Gasteiger partial charge on any atom is 0.191 e. The second-order valence-corrected chi connectivity index (χ2v) is 5.68. The van der Waals surface area contributed by atoms with E-state index in [2.05, 4.69) is 27.6 Å². The van der Waals surface area contributed by atoms with E-state index in [0.717, 1.165) is 55.7 Å². The quantitative estimate of drug-likeness (QED) is 0.356. The number of guanidine groups is 1. The molecule has 0 aromatic heterocycles. The summed E-state index contributed by atoms with van der Waals surface area (Å²) < 4.78 is 15.7. The van der Waals surface area contributed by atoms with Crippen molar-refractivity contribution < 1.29 is 14.2 Å². The van der Waals surface area contributed by atoms with Crippen molar-refractivity contribution in [2.75, 3.05) is 61.7 Å². The third-order valence-corrected chi connectivity index (χ3v) is 3.85. The molecule has 1 rings (SSSR count). The highest BCUT2D eigenvalue weighted by Gasteiger charge is 2.06. The highest BCUT2D eigenvalue weighted by molar-refractivity contribution is 5.79. The predicted octanol–water partition coefficient (Wildman–Crippen LogP) is 1.34. The molecule has 0 fully saturated rings. The summed E-state index contributed by atoms with van der Waals surface area (Å²) in [5, 5.41) is 6.63. The number of ether oxygens (including phenoxy) is 3. The van der Waals surface area contributed by atoms with Gasteiger partial charge in [-0.2, -0.15) is 0 Å². The fourth-order valence-corrected chi connectivity index (χ4v) is 2.31. The molecule has 0 atom stereocenters. The fraction of sp³-hybridized carbons (Fsp3) is 0.611. The van der Waals surface area contributed by atoms with Crippen molar-refractivity contribution in [2.24, 2.45) is 4.99 Å². The lowest BCUT2D eigenvalue weighted by Gasteiger charge is -2.17. The van der Waals surface area contributed by atoms with Gasteiger partial charge in [-0.3, -0.25) is 4.99 Å². The third-order valence-electron chi connectivity index (χ3n) is 3.85. The Balaban J connectivity index is 2.37. The summed E-state index contributed by atoms with van der Waals surface area (Å²) in [5.74, 6) is 2.35. The molecule has 7 heteroatoms. The van der Waals surface area contributed by atoms with E-state index in [9.17, 15) is 0 Å². The van der Waals surface area contributed by atoms with Crippen LogP contribution >= 0.6 is 0 Å². The van der Waals surface area contributed by atoms with Crippen LogP contribution in [0, 0.1) is 0 Å². The van der Waals surface area contributed by atoms with Crippen LogP contribution in [0.2, 0.25) is 0 Å². The summed E-state index contributed by atoms with van der Waals surface area (Å²) in [6, 6.07) is 5.79. The van der Waals surface area contributed by atoms with Crippen molar-refractivity contribution in [3.8, 4) is 11.5 Å². The van der Waals surface area contributed by atoms with Crippen molar-refractivity contribution >= 4 is 5.96 Å². The van der Waals surface area contributed by atoms with Gasteiger partial charge in [0.15, 0.2) is 5.96 Å². The smallest absolute Gasteiger partial charge is 0.191 e. The lowest BCUT2D eigenvalue weighted by molar-refractivity contribution is 0.161. The molecule has 0 bridgehead atoms. The van der Waals surface area contributed by atoms with Gasteiger partial charge in [-0.15, -0.1) is 0 Å². The van der Waals surface area contributed by atoms with E-state index in [1.54, 1.807) is 28.4 Å². The first-order chi connectivity index (χ1) is 12.1. The largest absolute Gasteiger partial charge is 0.497 e. The minimum absolute atomic E-state index is 0.626. The molecule has 0 aliphatic rings. The first-order valence-corrected chi connectivity index (χ1v) is 8.47. The van der Waals surface area contributed by atoms with Crippen LogP contribution in [-0.2, 0) is 11.3 Å². The second kappa shape index (κ2) is 12.4. The number of hydrogen-bond acceptors (Lipinski definition) is 5. The van der Waals surface area contributed by atoms with E-state index >= 15 is 0 Å². The van der Waals surface area contributed by atoms with Crippen LogP contribution in [0.4, 0.5) is 0 Å². The molecular formula is C18H32N4O3. The number of rotatable bonds is 11. The molecule has 0 heterocycles. The van der Waals surface area contributed by atoms with Crippen LogP contribution < -0.4 is 20.1 Å². The average molecular weight is 352 g/mol. The monoisotopic (exact) mass is 352 g/mol. The van der Waals surface area contributed by atoms with Crippen LogP contribution in [0.25, 0.3) is 0 Å². The van der Waals surface area contributed by atoms with Crippen molar-refractivity contribution in [3.63, 3.8) is 0 Å². The number of methoxy groups -OCH3 is 3. The van der Waals surface area contributed by atoms with Gasteiger partial charge in [0, 0.05) is 45.4 Å². The van der Waals surface area contributed by atoms with Crippen molar-refractivity contribution in [2.45, 2.75) is 13.0 Å². The van der Waals surface area contributed by atoms with Gasteiger partial charge in [-0.25, -0.2) is 0 Å². The van der Waals surface area contributed by atoms with Crippen LogP contribution in [-0.4, -0.2) is 72.5 Å². The summed E-state index contributed by atoms with van der Waals surface area (Å²) in [5.41, 5.74) is 1.05. The zero-order chi connectivity index (χ0) is 18.5. The average Bonchev–Trinajstić information content (AvgIpc) is 2.65. The lowest BCUT2D eigenvalue weighted by atomic mass is 10.2. The van der Waals surface area contributed by atoms with Gasteiger partial charge in [0.1, 0.15) is 11.5 Å². The van der Waals surface area contributed by atoms with E-state index in [0.29, 0.717) is 6.54 Å². The fourth-order valence-electron chi connectivity index (χ4n) is 2.31. The van der Waals surface area contributed by atoms with Gasteiger partial charge in [-0.1, -0.05) is 0 Å². The lowest BCUT2D eigenvalue weighted by Crippen LogP contribution is -2.38. The number of nitrogens with zero attached hydrogens (tertiary/aromatic N) is 2. The molecule has 1 aromatic carbocycles. The van der Waals surface area contributed by atoms with Crippen molar-refractivity contribution in [3.05, 3.63) is 23.8 Å². The van der Waals surface area contributed by atoms with E-state index < -0.39 is 0 Å². The van der Waals surface area contributed by atoms with Gasteiger partial charge >= 0.3 is 0 Å². The minimum atomic E-state index is 0.626. The Hall–Kier alpha value is -1.99. The summed E-state index contributed by atoms with van der Waals surface area (Å²) >= 11 is 0. The van der Waals surface area contributed by atoms with E-state index in [1.807, 2.05) is 18.2 Å². The van der Waals surface area contributed by atoms with E-state index in [1.165, 1.54) is 0 Å². The number of aliphatic imine (C=N–C) groups is 1. The molecule has 0 saturated carbocycles. The second-order valence-electron chi connectivity index (χ2n) is 5.68. The molecule has 7 nitrogen and oxygen atoms in total. The number of hydrogen-bond donors (Lipinski definition) is 2. The third kappa shape index (κ3) is 8.09. The Morgan fingerprint density at radius 2 is 1.92 bits per heavy atom. The minimum Gasteiger partial charge on any atom is -0.497 e. The van der Waals surface area contributed by atoms with Crippen LogP contribution in [0.5, 0.6) is 11.5 Å². The molecule has 1 aromatic rings. The summed E-state index contributed by atoms with van der Waals surface area (Å²) in [4.78, 5) is 6.51. The Bertz CT molecular complexity index is 523. The van der Waals surface area contributed by atoms with Gasteiger partial charge in [0.25, 0.3) is 0 Å². The van der Waals surface area contributed by atoms with Gasteiger partial charge in [0.05, 0.1) is 20.8 Å². The highest BCUT2D eigenvalue weighted by Crippen LogP contribution is 2.24. The Labute approximate surface area is 151 Å². The first-order valence-electron chi connectivity index (χ1n) is 8.47. The van der Waals surface area contributed by atoms with Gasteiger partial charge in [-0.05, 0) is 32.1 Å².